The van der Waals surface area contributed by atoms with Crippen molar-refractivity contribution >= 4 is 17.6 Å². The summed E-state index contributed by atoms with van der Waals surface area (Å²) in [6.07, 6.45) is 2.09. The van der Waals surface area contributed by atoms with Gasteiger partial charge in [-0.25, -0.2) is 4.79 Å². The van der Waals surface area contributed by atoms with Crippen molar-refractivity contribution in [3.63, 3.8) is 0 Å². The van der Waals surface area contributed by atoms with Crippen LogP contribution in [-0.2, 0) is 9.53 Å². The van der Waals surface area contributed by atoms with Gasteiger partial charge in [0.1, 0.15) is 0 Å². The summed E-state index contributed by atoms with van der Waals surface area (Å²) in [7, 11) is 0. The van der Waals surface area contributed by atoms with Crippen LogP contribution in [0, 0.1) is 0 Å². The third kappa shape index (κ3) is 4.71. The van der Waals surface area contributed by atoms with Crippen LogP contribution >= 0.6 is 11.6 Å². The maximum absolute atomic E-state index is 10.7. The molecule has 0 saturated carbocycles. The van der Waals surface area contributed by atoms with Crippen molar-refractivity contribution in [1.29, 1.82) is 0 Å². The second kappa shape index (κ2) is 5.57. The number of aliphatic hydroxyl groups is 1. The van der Waals surface area contributed by atoms with Gasteiger partial charge in [0.15, 0.2) is 6.10 Å². The fraction of sp³-hybridized carbons (Fsp3) is 0.125. The van der Waals surface area contributed by atoms with E-state index in [1.165, 1.54) is 6.08 Å². The Balaban J connectivity index is 3.86. The highest BCUT2D eigenvalue weighted by Crippen LogP contribution is 1.98. The van der Waals surface area contributed by atoms with E-state index in [0.717, 1.165) is 12.3 Å². The molecule has 1 unspecified atom stereocenters. The smallest absolute Gasteiger partial charge is 0.343 e. The molecule has 1 atom stereocenters. The predicted molar refractivity (Wildman–Crippen MR) is 46.4 cm³/mol. The minimum absolute atomic E-state index is 0.232. The van der Waals surface area contributed by atoms with Crippen LogP contribution in [0.25, 0.3) is 0 Å². The third-order valence-electron chi connectivity index (χ3n) is 0.898. The van der Waals surface area contributed by atoms with Crippen LogP contribution in [0.5, 0.6) is 0 Å². The molecule has 0 aliphatic rings. The third-order valence-corrected chi connectivity index (χ3v) is 1.02. The highest BCUT2D eigenvalue weighted by atomic mass is 35.5. The van der Waals surface area contributed by atoms with E-state index in [-0.39, 0.29) is 5.03 Å². The predicted octanol–water partition coefficient (Wildman–Crippen LogP) is 1.34. The molecule has 0 aliphatic heterocycles. The first-order chi connectivity index (χ1) is 5.57. The molecule has 0 bridgehead atoms. The number of hydrogen-bond donors (Lipinski definition) is 1. The van der Waals surface area contributed by atoms with Crippen molar-refractivity contribution in [2.45, 2.75) is 6.10 Å². The Morgan fingerprint density at radius 1 is 1.67 bits per heavy atom. The first kappa shape index (κ1) is 10.9. The van der Waals surface area contributed by atoms with E-state index in [1.54, 1.807) is 0 Å². The summed E-state index contributed by atoms with van der Waals surface area (Å²) in [6.45, 7) is 6.53. The number of esters is 1. The van der Waals surface area contributed by atoms with E-state index < -0.39 is 12.1 Å². The topological polar surface area (TPSA) is 46.5 Å². The van der Waals surface area contributed by atoms with E-state index >= 15 is 0 Å². The summed E-state index contributed by atoms with van der Waals surface area (Å²) in [5.74, 6) is -0.806. The number of carbonyl (C=O) groups excluding carboxylic acids is 1. The molecule has 0 spiro atoms. The van der Waals surface area contributed by atoms with Crippen LogP contribution < -0.4 is 0 Å². The minimum Gasteiger partial charge on any atom is -0.432 e. The quantitative estimate of drug-likeness (QED) is 0.314. The number of hydrogen-bond acceptors (Lipinski definition) is 3. The largest absolute Gasteiger partial charge is 0.432 e. The highest BCUT2D eigenvalue weighted by molar-refractivity contribution is 6.30. The zero-order chi connectivity index (χ0) is 9.56. The monoisotopic (exact) mass is 188 g/mol. The lowest BCUT2D eigenvalue weighted by atomic mass is 10.4. The summed E-state index contributed by atoms with van der Waals surface area (Å²) in [4.78, 5) is 10.7. The van der Waals surface area contributed by atoms with Gasteiger partial charge in [0.05, 0.1) is 6.26 Å². The molecule has 0 aromatic heterocycles. The Morgan fingerprint density at radius 2 is 2.25 bits per heavy atom. The molecule has 4 heteroatoms. The molecule has 0 aliphatic carbocycles. The average Bonchev–Trinajstić information content (AvgIpc) is 2.02. The van der Waals surface area contributed by atoms with Gasteiger partial charge in [-0.1, -0.05) is 30.8 Å². The second-order valence-corrected chi connectivity index (χ2v) is 2.35. The molecule has 0 amide bonds. The van der Waals surface area contributed by atoms with Crippen LogP contribution in [0.2, 0.25) is 0 Å². The molecule has 0 radical (unpaired) electrons. The Morgan fingerprint density at radius 3 is 2.67 bits per heavy atom. The lowest BCUT2D eigenvalue weighted by Crippen LogP contribution is -2.17. The second-order valence-electron chi connectivity index (χ2n) is 1.87. The zero-order valence-electron chi connectivity index (χ0n) is 6.37. The standard InChI is InChI=1S/C8H9ClO3/c1-3-7(10)8(11)12-5-4-6(2)9/h3-5,7,10H,1-2H2. The number of aliphatic hydroxyl groups excluding tert-OH is 1. The van der Waals surface area contributed by atoms with Crippen LogP contribution in [0.15, 0.2) is 36.6 Å². The Bertz CT molecular complexity index is 220. The maximum atomic E-state index is 10.7. The summed E-state index contributed by atoms with van der Waals surface area (Å²) < 4.78 is 4.42. The lowest BCUT2D eigenvalue weighted by molar-refractivity contribution is -0.145. The fourth-order valence-electron chi connectivity index (χ4n) is 0.341. The van der Waals surface area contributed by atoms with E-state index in [0.29, 0.717) is 0 Å². The molecule has 0 saturated heterocycles. The van der Waals surface area contributed by atoms with Crippen LogP contribution in [-0.4, -0.2) is 17.2 Å². The summed E-state index contributed by atoms with van der Waals surface area (Å²) in [5, 5.41) is 9.04. The van der Waals surface area contributed by atoms with Crippen molar-refractivity contribution in [2.75, 3.05) is 0 Å². The van der Waals surface area contributed by atoms with Gasteiger partial charge in [-0.15, -0.1) is 0 Å². The van der Waals surface area contributed by atoms with Gasteiger partial charge in [-0.05, 0) is 6.08 Å². The molecular formula is C8H9ClO3. The number of rotatable bonds is 4. The maximum Gasteiger partial charge on any atom is 0.343 e. The number of carbonyl (C=O) groups is 1. The number of ether oxygens (including phenoxy) is 1. The minimum atomic E-state index is -1.31. The Labute approximate surface area is 75.6 Å². The number of halogens is 1. The van der Waals surface area contributed by atoms with Gasteiger partial charge >= 0.3 is 5.97 Å². The van der Waals surface area contributed by atoms with E-state index in [4.69, 9.17) is 16.7 Å². The molecule has 0 aromatic rings. The van der Waals surface area contributed by atoms with Crippen molar-refractivity contribution < 1.29 is 14.6 Å². The van der Waals surface area contributed by atoms with Crippen LogP contribution in [0.3, 0.4) is 0 Å². The van der Waals surface area contributed by atoms with Crippen molar-refractivity contribution in [3.05, 3.63) is 36.6 Å². The highest BCUT2D eigenvalue weighted by Gasteiger charge is 2.09. The number of allylic oxidation sites excluding steroid dienone is 2. The molecule has 66 valence electrons. The summed E-state index contributed by atoms with van der Waals surface area (Å²) >= 11 is 5.32. The first-order valence-electron chi connectivity index (χ1n) is 3.10. The lowest BCUT2D eigenvalue weighted by Gasteiger charge is -2.00. The molecule has 0 rings (SSSR count). The molecule has 0 fully saturated rings. The van der Waals surface area contributed by atoms with Crippen LogP contribution in [0.4, 0.5) is 0 Å². The molecule has 0 heterocycles. The van der Waals surface area contributed by atoms with Gasteiger partial charge in [-0.2, -0.15) is 0 Å². The molecular weight excluding hydrogens is 180 g/mol. The van der Waals surface area contributed by atoms with E-state index in [9.17, 15) is 4.79 Å². The molecule has 0 aromatic carbocycles. The van der Waals surface area contributed by atoms with E-state index in [1.807, 2.05) is 0 Å². The molecule has 1 N–H and O–H groups in total. The summed E-state index contributed by atoms with van der Waals surface area (Å²) in [6, 6.07) is 0. The van der Waals surface area contributed by atoms with Crippen molar-refractivity contribution in [1.82, 2.24) is 0 Å². The fourth-order valence-corrected chi connectivity index (χ4v) is 0.392. The zero-order valence-corrected chi connectivity index (χ0v) is 7.12. The van der Waals surface area contributed by atoms with Gasteiger partial charge < -0.3 is 9.84 Å². The van der Waals surface area contributed by atoms with Gasteiger partial charge in [-0.3, -0.25) is 0 Å². The van der Waals surface area contributed by atoms with Gasteiger partial charge in [0.2, 0.25) is 0 Å². The Kier molecular flexibility index (Phi) is 5.08. The first-order valence-corrected chi connectivity index (χ1v) is 3.47. The van der Waals surface area contributed by atoms with Gasteiger partial charge in [0, 0.05) is 5.03 Å². The molecule has 12 heavy (non-hydrogen) atoms. The van der Waals surface area contributed by atoms with Gasteiger partial charge in [0.25, 0.3) is 0 Å². The Hall–Kier alpha value is -1.06. The normalized spacial score (nSPS) is 12.5. The van der Waals surface area contributed by atoms with Crippen molar-refractivity contribution in [3.8, 4) is 0 Å². The molecule has 3 nitrogen and oxygen atoms in total. The van der Waals surface area contributed by atoms with Crippen molar-refractivity contribution in [2.24, 2.45) is 0 Å². The average molecular weight is 189 g/mol. The van der Waals surface area contributed by atoms with Crippen LogP contribution in [0.1, 0.15) is 0 Å². The van der Waals surface area contributed by atoms with E-state index in [2.05, 4.69) is 17.9 Å². The summed E-state index contributed by atoms with van der Waals surface area (Å²) in [5.41, 5.74) is 0. The SMILES string of the molecule is C=CC(O)C(=O)OC=CC(=C)Cl.